The Labute approximate surface area is 153 Å². The van der Waals surface area contributed by atoms with Crippen LogP contribution >= 0.6 is 11.6 Å². The number of hydrogen-bond donors (Lipinski definition) is 1. The Morgan fingerprint density at radius 2 is 1.65 bits per heavy atom. The highest BCUT2D eigenvalue weighted by atomic mass is 35.5. The third kappa shape index (κ3) is 6.40. The zero-order chi connectivity index (χ0) is 18.9. The number of nitro groups is 1. The Bertz CT molecular complexity index is 777. The molecule has 0 radical (unpaired) electrons. The molecule has 136 valence electrons. The van der Waals surface area contributed by atoms with Gasteiger partial charge in [0.15, 0.2) is 6.61 Å². The first-order chi connectivity index (χ1) is 12.4. The molecular weight excluding hydrogens is 364 g/mol. The maximum Gasteiger partial charge on any atom is 0.312 e. The fourth-order valence-corrected chi connectivity index (χ4v) is 1.98. The molecule has 0 atom stereocenters. The molecule has 2 aromatic carbocycles. The molecule has 0 aliphatic heterocycles. The van der Waals surface area contributed by atoms with Crippen LogP contribution < -0.4 is 14.8 Å². The van der Waals surface area contributed by atoms with Crippen molar-refractivity contribution < 1.29 is 24.0 Å². The van der Waals surface area contributed by atoms with Crippen molar-refractivity contribution in [2.75, 3.05) is 13.2 Å². The maximum atomic E-state index is 11.7. The summed E-state index contributed by atoms with van der Waals surface area (Å²) in [7, 11) is 0. The molecule has 0 bridgehead atoms. The highest BCUT2D eigenvalue weighted by Crippen LogP contribution is 2.17. The van der Waals surface area contributed by atoms with Crippen molar-refractivity contribution in [2.24, 2.45) is 0 Å². The minimum atomic E-state index is -0.572. The second-order valence-corrected chi connectivity index (χ2v) is 5.50. The molecule has 1 N–H and O–H groups in total. The van der Waals surface area contributed by atoms with Gasteiger partial charge in [0, 0.05) is 23.7 Å². The van der Waals surface area contributed by atoms with Crippen LogP contribution in [0.25, 0.3) is 0 Å². The Kier molecular flexibility index (Phi) is 6.92. The molecule has 2 rings (SSSR count). The normalized spacial score (nSPS) is 10.0. The predicted molar refractivity (Wildman–Crippen MR) is 93.3 cm³/mol. The number of amides is 1. The topological polar surface area (TPSA) is 108 Å². The van der Waals surface area contributed by atoms with E-state index in [1.54, 1.807) is 24.3 Å². The number of ether oxygens (including phenoxy) is 2. The van der Waals surface area contributed by atoms with Crippen molar-refractivity contribution in [3.63, 3.8) is 0 Å². The SMILES string of the molecule is O=C(COc1ccc(Cl)cc1)NCCC(=O)Oc1ccc([N+](=O)[O-])cc1. The molecule has 9 heteroatoms. The van der Waals surface area contributed by atoms with E-state index in [0.717, 1.165) is 0 Å². The number of esters is 1. The van der Waals surface area contributed by atoms with Crippen molar-refractivity contribution >= 4 is 29.2 Å². The summed E-state index contributed by atoms with van der Waals surface area (Å²) in [5, 5.41) is 13.6. The molecule has 0 saturated carbocycles. The Morgan fingerprint density at radius 1 is 1.04 bits per heavy atom. The molecular formula is C17H15ClN2O6. The van der Waals surface area contributed by atoms with Crippen molar-refractivity contribution in [3.8, 4) is 11.5 Å². The standard InChI is InChI=1S/C17H15ClN2O6/c18-12-1-5-14(6-2-12)25-11-16(21)19-10-9-17(22)26-15-7-3-13(4-8-15)20(23)24/h1-8H,9-11H2,(H,19,21). The third-order valence-corrected chi connectivity index (χ3v) is 3.37. The van der Waals surface area contributed by atoms with Crippen molar-refractivity contribution in [2.45, 2.75) is 6.42 Å². The minimum Gasteiger partial charge on any atom is -0.484 e. The molecule has 0 saturated heterocycles. The lowest BCUT2D eigenvalue weighted by Crippen LogP contribution is -2.31. The number of halogens is 1. The van der Waals surface area contributed by atoms with Crippen LogP contribution in [-0.2, 0) is 9.59 Å². The van der Waals surface area contributed by atoms with Gasteiger partial charge in [0.2, 0.25) is 0 Å². The quantitative estimate of drug-likeness (QED) is 0.327. The van der Waals surface area contributed by atoms with Gasteiger partial charge in [0.05, 0.1) is 11.3 Å². The summed E-state index contributed by atoms with van der Waals surface area (Å²) in [5.41, 5.74) is -0.0993. The van der Waals surface area contributed by atoms with Gasteiger partial charge in [-0.15, -0.1) is 0 Å². The zero-order valence-corrected chi connectivity index (χ0v) is 14.3. The average Bonchev–Trinajstić information content (AvgIpc) is 2.61. The van der Waals surface area contributed by atoms with Crippen LogP contribution in [0.4, 0.5) is 5.69 Å². The second kappa shape index (κ2) is 9.38. The zero-order valence-electron chi connectivity index (χ0n) is 13.5. The lowest BCUT2D eigenvalue weighted by Gasteiger charge is -2.08. The monoisotopic (exact) mass is 378 g/mol. The number of nitro benzene ring substituents is 1. The number of rotatable bonds is 8. The van der Waals surface area contributed by atoms with E-state index in [4.69, 9.17) is 21.1 Å². The first-order valence-corrected chi connectivity index (χ1v) is 7.92. The number of nitrogens with zero attached hydrogens (tertiary/aromatic N) is 1. The molecule has 0 aliphatic rings. The van der Waals surface area contributed by atoms with Crippen LogP contribution in [0, 0.1) is 10.1 Å². The minimum absolute atomic E-state index is 0.0519. The van der Waals surface area contributed by atoms with Gasteiger partial charge in [-0.1, -0.05) is 11.6 Å². The van der Waals surface area contributed by atoms with Gasteiger partial charge in [-0.3, -0.25) is 19.7 Å². The second-order valence-electron chi connectivity index (χ2n) is 5.07. The molecule has 8 nitrogen and oxygen atoms in total. The summed E-state index contributed by atoms with van der Waals surface area (Å²) in [6, 6.07) is 11.7. The lowest BCUT2D eigenvalue weighted by molar-refractivity contribution is -0.384. The fraction of sp³-hybridized carbons (Fsp3) is 0.176. The number of nitrogens with one attached hydrogen (secondary N) is 1. The van der Waals surface area contributed by atoms with E-state index in [-0.39, 0.29) is 36.9 Å². The smallest absolute Gasteiger partial charge is 0.312 e. The molecule has 0 spiro atoms. The van der Waals surface area contributed by atoms with Crippen molar-refractivity contribution in [1.29, 1.82) is 0 Å². The van der Waals surface area contributed by atoms with Crippen LogP contribution in [0.15, 0.2) is 48.5 Å². The van der Waals surface area contributed by atoms with Crippen molar-refractivity contribution in [3.05, 3.63) is 63.7 Å². The molecule has 0 aliphatic carbocycles. The van der Waals surface area contributed by atoms with Crippen LogP contribution in [-0.4, -0.2) is 30.0 Å². The average molecular weight is 379 g/mol. The number of hydrogen-bond acceptors (Lipinski definition) is 6. The van der Waals surface area contributed by atoms with Gasteiger partial charge in [0.25, 0.3) is 11.6 Å². The van der Waals surface area contributed by atoms with Gasteiger partial charge in [-0.05, 0) is 36.4 Å². The van der Waals surface area contributed by atoms with Gasteiger partial charge < -0.3 is 14.8 Å². The first kappa shape index (κ1) is 19.2. The lowest BCUT2D eigenvalue weighted by atomic mass is 10.3. The van der Waals surface area contributed by atoms with Crippen LogP contribution in [0.1, 0.15) is 6.42 Å². The van der Waals surface area contributed by atoms with Crippen molar-refractivity contribution in [1.82, 2.24) is 5.32 Å². The molecule has 0 aromatic heterocycles. The van der Waals surface area contributed by atoms with E-state index in [9.17, 15) is 19.7 Å². The Morgan fingerprint density at radius 3 is 2.27 bits per heavy atom. The number of carbonyl (C=O) groups excluding carboxylic acids is 2. The Hall–Kier alpha value is -3.13. The Balaban J connectivity index is 1.66. The van der Waals surface area contributed by atoms with Crippen LogP contribution in [0.3, 0.4) is 0 Å². The van der Waals surface area contributed by atoms with E-state index >= 15 is 0 Å². The maximum absolute atomic E-state index is 11.7. The summed E-state index contributed by atoms with van der Waals surface area (Å²) < 4.78 is 10.3. The highest BCUT2D eigenvalue weighted by Gasteiger charge is 2.09. The number of benzene rings is 2. The van der Waals surface area contributed by atoms with Gasteiger partial charge in [-0.25, -0.2) is 0 Å². The summed E-state index contributed by atoms with van der Waals surface area (Å²) in [4.78, 5) is 33.3. The molecule has 0 heterocycles. The van der Waals surface area contributed by atoms with Crippen LogP contribution in [0.5, 0.6) is 11.5 Å². The van der Waals surface area contributed by atoms with Crippen LogP contribution in [0.2, 0.25) is 5.02 Å². The molecule has 2 aromatic rings. The molecule has 0 fully saturated rings. The van der Waals surface area contributed by atoms with Gasteiger partial charge in [0.1, 0.15) is 11.5 Å². The number of carbonyl (C=O) groups is 2. The molecule has 0 unspecified atom stereocenters. The fourth-order valence-electron chi connectivity index (χ4n) is 1.85. The van der Waals surface area contributed by atoms with E-state index in [1.807, 2.05) is 0 Å². The van der Waals surface area contributed by atoms with E-state index in [1.165, 1.54) is 24.3 Å². The first-order valence-electron chi connectivity index (χ1n) is 7.54. The van der Waals surface area contributed by atoms with Gasteiger partial charge >= 0.3 is 5.97 Å². The molecule has 26 heavy (non-hydrogen) atoms. The summed E-state index contributed by atoms with van der Waals surface area (Å²) >= 11 is 5.74. The summed E-state index contributed by atoms with van der Waals surface area (Å²) in [6.45, 7) is -0.117. The van der Waals surface area contributed by atoms with E-state index in [0.29, 0.717) is 10.8 Å². The predicted octanol–water partition coefficient (Wildman–Crippen LogP) is 2.74. The third-order valence-electron chi connectivity index (χ3n) is 3.11. The van der Waals surface area contributed by atoms with E-state index in [2.05, 4.69) is 5.32 Å². The summed E-state index contributed by atoms with van der Waals surface area (Å²) in [5.74, 6) is -0.263. The number of non-ortho nitro benzene ring substituents is 1. The molecule has 1 amide bonds. The van der Waals surface area contributed by atoms with E-state index < -0.39 is 10.9 Å². The summed E-state index contributed by atoms with van der Waals surface area (Å²) in [6.07, 6.45) is -0.0519. The largest absolute Gasteiger partial charge is 0.484 e. The highest BCUT2D eigenvalue weighted by molar-refractivity contribution is 6.30. The van der Waals surface area contributed by atoms with Gasteiger partial charge in [-0.2, -0.15) is 0 Å².